The monoisotopic (exact) mass is 375 g/mol. The molecule has 0 spiro atoms. The normalized spacial score (nSPS) is 21.7. The van der Waals surface area contributed by atoms with Gasteiger partial charge in [0.2, 0.25) is 0 Å². The molecule has 26 heavy (non-hydrogen) atoms. The number of benzene rings is 2. The first-order valence-electron chi connectivity index (χ1n) is 8.85. The maximum Gasteiger partial charge on any atom is 0.255 e. The van der Waals surface area contributed by atoms with Gasteiger partial charge in [0.05, 0.1) is 0 Å². The minimum atomic E-state index is -0.344. The van der Waals surface area contributed by atoms with Gasteiger partial charge in [-0.2, -0.15) is 0 Å². The Morgan fingerprint density at radius 3 is 2.23 bits per heavy atom. The Kier molecular flexibility index (Phi) is 5.79. The highest BCUT2D eigenvalue weighted by atomic mass is 35.5. The number of nitrogens with zero attached hydrogens (tertiary/aromatic N) is 2. The fraction of sp³-hybridized carbons (Fsp3) is 0.350. The van der Waals surface area contributed by atoms with E-state index in [1.807, 2.05) is 12.1 Å². The Labute approximate surface area is 159 Å². The largest absolute Gasteiger partial charge is 0.367 e. The Hall–Kier alpha value is -2.11. The molecule has 6 heteroatoms. The van der Waals surface area contributed by atoms with Crippen molar-refractivity contribution in [2.45, 2.75) is 18.9 Å². The summed E-state index contributed by atoms with van der Waals surface area (Å²) in [4.78, 5) is 17.2. The second kappa shape index (κ2) is 8.06. The highest BCUT2D eigenvalue weighted by Gasteiger charge is 2.28. The zero-order valence-corrected chi connectivity index (χ0v) is 15.3. The maximum absolute atomic E-state index is 13.0. The first-order chi connectivity index (χ1) is 12.2. The highest BCUT2D eigenvalue weighted by molar-refractivity contribution is 6.04. The van der Waals surface area contributed by atoms with Crippen LogP contribution >= 0.6 is 12.4 Å². The minimum Gasteiger partial charge on any atom is -0.367 e. The van der Waals surface area contributed by atoms with E-state index in [0.717, 1.165) is 18.8 Å². The summed E-state index contributed by atoms with van der Waals surface area (Å²) in [7, 11) is 0. The average molecular weight is 376 g/mol. The van der Waals surface area contributed by atoms with Gasteiger partial charge in [0.25, 0.3) is 5.91 Å². The number of halogens is 2. The predicted molar refractivity (Wildman–Crippen MR) is 105 cm³/mol. The van der Waals surface area contributed by atoms with Crippen LogP contribution in [0.25, 0.3) is 0 Å². The van der Waals surface area contributed by atoms with Crippen LogP contribution in [0.15, 0.2) is 48.5 Å². The molecule has 3 aliphatic rings. The third kappa shape index (κ3) is 4.00. The van der Waals surface area contributed by atoms with Gasteiger partial charge in [0.1, 0.15) is 5.82 Å². The topological polar surface area (TPSA) is 35.6 Å². The van der Waals surface area contributed by atoms with Crippen molar-refractivity contribution >= 4 is 29.7 Å². The van der Waals surface area contributed by atoms with Crippen molar-refractivity contribution < 1.29 is 9.18 Å². The number of carbonyl (C=O) groups is 1. The summed E-state index contributed by atoms with van der Waals surface area (Å²) in [6.45, 7) is 4.59. The Bertz CT molecular complexity index is 743. The van der Waals surface area contributed by atoms with Crippen molar-refractivity contribution in [2.75, 3.05) is 36.4 Å². The number of anilines is 2. The number of hydrogen-bond donors (Lipinski definition) is 1. The molecule has 1 N–H and O–H groups in total. The van der Waals surface area contributed by atoms with E-state index < -0.39 is 0 Å². The lowest BCUT2D eigenvalue weighted by molar-refractivity contribution is 0.102. The van der Waals surface area contributed by atoms with Gasteiger partial charge in [-0.25, -0.2) is 4.39 Å². The van der Waals surface area contributed by atoms with Crippen LogP contribution in [-0.4, -0.2) is 43.0 Å². The van der Waals surface area contributed by atoms with Gasteiger partial charge in [0.15, 0.2) is 0 Å². The van der Waals surface area contributed by atoms with Crippen molar-refractivity contribution in [3.8, 4) is 0 Å². The third-order valence-corrected chi connectivity index (χ3v) is 5.22. The van der Waals surface area contributed by atoms with E-state index in [2.05, 4.69) is 27.2 Å². The van der Waals surface area contributed by atoms with Crippen LogP contribution < -0.4 is 10.2 Å². The molecule has 0 radical (unpaired) electrons. The zero-order valence-electron chi connectivity index (χ0n) is 14.5. The molecule has 2 aromatic carbocycles. The molecule has 2 aromatic rings. The molecule has 3 aliphatic heterocycles. The summed E-state index contributed by atoms with van der Waals surface area (Å²) in [5, 5.41) is 2.87. The molecular weight excluding hydrogens is 353 g/mol. The minimum absolute atomic E-state index is 0. The Morgan fingerprint density at radius 1 is 0.923 bits per heavy atom. The molecule has 1 amide bonds. The number of amides is 1. The van der Waals surface area contributed by atoms with E-state index in [9.17, 15) is 9.18 Å². The van der Waals surface area contributed by atoms with Gasteiger partial charge < -0.3 is 15.1 Å². The first-order valence-corrected chi connectivity index (χ1v) is 8.85. The number of carbonyl (C=O) groups excluding carboxylic acids is 1. The highest BCUT2D eigenvalue weighted by Crippen LogP contribution is 2.27. The Morgan fingerprint density at radius 2 is 1.58 bits per heavy atom. The van der Waals surface area contributed by atoms with Crippen LogP contribution in [0.1, 0.15) is 23.2 Å². The summed E-state index contributed by atoms with van der Waals surface area (Å²) in [5.74, 6) is -0.571. The van der Waals surface area contributed by atoms with Crippen LogP contribution in [-0.2, 0) is 0 Å². The lowest BCUT2D eigenvalue weighted by Gasteiger charge is -2.33. The second-order valence-corrected chi connectivity index (χ2v) is 6.77. The smallest absolute Gasteiger partial charge is 0.255 e. The number of fused-ring (bicyclic) bond motifs is 4. The van der Waals surface area contributed by atoms with Gasteiger partial charge in [-0.3, -0.25) is 4.79 Å². The lowest BCUT2D eigenvalue weighted by atomic mass is 10.0. The quantitative estimate of drug-likeness (QED) is 0.886. The van der Waals surface area contributed by atoms with Crippen molar-refractivity contribution in [1.82, 2.24) is 4.90 Å². The van der Waals surface area contributed by atoms with Gasteiger partial charge in [-0.15, -0.1) is 12.4 Å². The van der Waals surface area contributed by atoms with E-state index in [1.54, 1.807) is 0 Å². The molecule has 3 heterocycles. The fourth-order valence-corrected chi connectivity index (χ4v) is 3.77. The maximum atomic E-state index is 13.0. The van der Waals surface area contributed by atoms with Crippen molar-refractivity contribution in [3.05, 3.63) is 59.9 Å². The van der Waals surface area contributed by atoms with E-state index >= 15 is 0 Å². The number of hydrogen-bond acceptors (Lipinski definition) is 3. The van der Waals surface area contributed by atoms with Crippen molar-refractivity contribution in [3.63, 3.8) is 0 Å². The summed E-state index contributed by atoms with van der Waals surface area (Å²) < 4.78 is 13.0. The summed E-state index contributed by atoms with van der Waals surface area (Å²) in [6, 6.07) is 14.2. The summed E-state index contributed by atoms with van der Waals surface area (Å²) >= 11 is 0. The van der Waals surface area contributed by atoms with Crippen LogP contribution in [0.4, 0.5) is 15.8 Å². The standard InChI is InChI=1S/C20H22FN3O.ClH/c21-16-3-1-15(2-4-16)20(25)22-17-5-7-18(8-6-17)24-14-13-23-11-9-19(24)10-12-23;/h1-8,19H,9-14H2,(H,22,25);1H. The summed E-state index contributed by atoms with van der Waals surface area (Å²) in [5.41, 5.74) is 2.42. The molecule has 4 nitrogen and oxygen atoms in total. The third-order valence-electron chi connectivity index (χ3n) is 5.22. The van der Waals surface area contributed by atoms with Crippen molar-refractivity contribution in [2.24, 2.45) is 0 Å². The molecule has 0 unspecified atom stereocenters. The van der Waals surface area contributed by atoms with Gasteiger partial charge in [-0.1, -0.05) is 0 Å². The molecule has 0 atom stereocenters. The van der Waals surface area contributed by atoms with Gasteiger partial charge in [0, 0.05) is 49.2 Å². The first kappa shape index (κ1) is 18.7. The number of rotatable bonds is 3. The van der Waals surface area contributed by atoms with Crippen molar-refractivity contribution in [1.29, 1.82) is 0 Å². The van der Waals surface area contributed by atoms with E-state index in [4.69, 9.17) is 0 Å². The molecule has 3 fully saturated rings. The predicted octanol–water partition coefficient (Wildman–Crippen LogP) is 3.78. The van der Waals surface area contributed by atoms with E-state index in [1.165, 1.54) is 55.9 Å². The average Bonchev–Trinajstić information content (AvgIpc) is 2.97. The second-order valence-electron chi connectivity index (χ2n) is 6.77. The molecule has 5 rings (SSSR count). The molecule has 0 aliphatic carbocycles. The number of piperidine rings is 1. The van der Waals surface area contributed by atoms with Crippen LogP contribution in [0.2, 0.25) is 0 Å². The fourth-order valence-electron chi connectivity index (χ4n) is 3.77. The van der Waals surface area contributed by atoms with Crippen LogP contribution in [0.3, 0.4) is 0 Å². The number of nitrogens with one attached hydrogen (secondary N) is 1. The molecule has 0 aromatic heterocycles. The zero-order chi connectivity index (χ0) is 17.2. The molecular formula is C20H23ClFN3O. The van der Waals surface area contributed by atoms with Crippen LogP contribution in [0.5, 0.6) is 0 Å². The van der Waals surface area contributed by atoms with Gasteiger partial charge in [-0.05, 0) is 61.4 Å². The van der Waals surface area contributed by atoms with E-state index in [-0.39, 0.29) is 24.1 Å². The van der Waals surface area contributed by atoms with E-state index in [0.29, 0.717) is 11.6 Å². The SMILES string of the molecule is Cl.O=C(Nc1ccc(N2CCN3CCC2CC3)cc1)c1ccc(F)cc1. The van der Waals surface area contributed by atoms with Gasteiger partial charge >= 0.3 is 0 Å². The summed E-state index contributed by atoms with van der Waals surface area (Å²) in [6.07, 6.45) is 2.45. The Balaban J connectivity index is 0.00000196. The molecule has 3 saturated heterocycles. The molecule has 138 valence electrons. The van der Waals surface area contributed by atoms with Crippen LogP contribution in [0, 0.1) is 5.82 Å². The lowest BCUT2D eigenvalue weighted by Crippen LogP contribution is -2.37. The molecule has 0 saturated carbocycles. The molecule has 2 bridgehead atoms.